The monoisotopic (exact) mass is 208 g/mol. The van der Waals surface area contributed by atoms with Gasteiger partial charge in [-0.3, -0.25) is 0 Å². The van der Waals surface area contributed by atoms with Crippen LogP contribution in [0, 0.1) is 0 Å². The fraction of sp³-hybridized carbons (Fsp3) is 0.364. The first kappa shape index (κ1) is 11.4. The normalized spacial score (nSPS) is 10.3. The first-order chi connectivity index (χ1) is 7.31. The van der Waals surface area contributed by atoms with Crippen LogP contribution in [0.5, 0.6) is 11.5 Å². The van der Waals surface area contributed by atoms with Gasteiger partial charge in [0.15, 0.2) is 11.5 Å². The quantitative estimate of drug-likeness (QED) is 0.591. The summed E-state index contributed by atoms with van der Waals surface area (Å²) in [5.41, 5.74) is 3.66. The van der Waals surface area contributed by atoms with Crippen molar-refractivity contribution in [1.82, 2.24) is 5.43 Å². The first-order valence-corrected chi connectivity index (χ1v) is 4.82. The van der Waals surface area contributed by atoms with Crippen molar-refractivity contribution in [2.45, 2.75) is 6.92 Å². The van der Waals surface area contributed by atoms with Gasteiger partial charge in [0.05, 0.1) is 19.9 Å². The largest absolute Gasteiger partial charge is 0.493 e. The lowest BCUT2D eigenvalue weighted by molar-refractivity contribution is 0.311. The summed E-state index contributed by atoms with van der Waals surface area (Å²) in [6.45, 7) is 2.55. The van der Waals surface area contributed by atoms with Crippen molar-refractivity contribution < 1.29 is 9.47 Å². The second kappa shape index (κ2) is 5.90. The van der Waals surface area contributed by atoms with E-state index in [2.05, 4.69) is 10.5 Å². The average molecular weight is 208 g/mol. The predicted octanol–water partition coefficient (Wildman–Crippen LogP) is 1.65. The Morgan fingerprint density at radius 1 is 1.40 bits per heavy atom. The van der Waals surface area contributed by atoms with E-state index in [9.17, 15) is 0 Å². The Hall–Kier alpha value is -1.71. The fourth-order valence-electron chi connectivity index (χ4n) is 1.18. The van der Waals surface area contributed by atoms with Crippen LogP contribution in [0.15, 0.2) is 23.3 Å². The van der Waals surface area contributed by atoms with Crippen LogP contribution >= 0.6 is 0 Å². The topological polar surface area (TPSA) is 42.8 Å². The van der Waals surface area contributed by atoms with Crippen LogP contribution in [0.2, 0.25) is 0 Å². The summed E-state index contributed by atoms with van der Waals surface area (Å²) >= 11 is 0. The van der Waals surface area contributed by atoms with Gasteiger partial charge in [-0.1, -0.05) is 0 Å². The highest BCUT2D eigenvalue weighted by molar-refractivity contribution is 5.80. The number of rotatable bonds is 5. The Morgan fingerprint density at radius 2 is 2.20 bits per heavy atom. The molecule has 1 rings (SSSR count). The van der Waals surface area contributed by atoms with Gasteiger partial charge in [-0.25, -0.2) is 0 Å². The summed E-state index contributed by atoms with van der Waals surface area (Å²) in [5, 5.41) is 3.93. The van der Waals surface area contributed by atoms with Crippen LogP contribution in [0.4, 0.5) is 0 Å². The molecular weight excluding hydrogens is 192 g/mol. The minimum atomic E-state index is 0.614. The highest BCUT2D eigenvalue weighted by atomic mass is 16.5. The van der Waals surface area contributed by atoms with Crippen molar-refractivity contribution >= 4 is 6.21 Å². The van der Waals surface area contributed by atoms with Gasteiger partial charge in [-0.2, -0.15) is 5.10 Å². The number of ether oxygens (including phenoxy) is 2. The van der Waals surface area contributed by atoms with Crippen molar-refractivity contribution in [2.75, 3.05) is 20.8 Å². The van der Waals surface area contributed by atoms with Crippen molar-refractivity contribution in [2.24, 2.45) is 5.10 Å². The van der Waals surface area contributed by atoms with Crippen molar-refractivity contribution in [1.29, 1.82) is 0 Å². The molecule has 0 amide bonds. The standard InChI is InChI=1S/C11H16N2O2/c1-4-15-11-7-9(8-13-12-2)5-6-10(11)14-3/h5-8,12H,4H2,1-3H3/b13-8+. The lowest BCUT2D eigenvalue weighted by Crippen LogP contribution is -1.98. The van der Waals surface area contributed by atoms with E-state index in [4.69, 9.17) is 9.47 Å². The molecule has 4 nitrogen and oxygen atoms in total. The molecule has 0 spiro atoms. The smallest absolute Gasteiger partial charge is 0.161 e. The molecule has 82 valence electrons. The van der Waals surface area contributed by atoms with E-state index in [1.54, 1.807) is 20.4 Å². The molecule has 0 fully saturated rings. The molecule has 0 aliphatic heterocycles. The van der Waals surface area contributed by atoms with Crippen LogP contribution in [0.3, 0.4) is 0 Å². The summed E-state index contributed by atoms with van der Waals surface area (Å²) < 4.78 is 10.6. The maximum absolute atomic E-state index is 5.44. The zero-order valence-electron chi connectivity index (χ0n) is 9.28. The Bertz CT molecular complexity index is 337. The maximum atomic E-state index is 5.44. The van der Waals surface area contributed by atoms with Gasteiger partial charge < -0.3 is 14.9 Å². The van der Waals surface area contributed by atoms with Crippen molar-refractivity contribution in [3.05, 3.63) is 23.8 Å². The van der Waals surface area contributed by atoms with Gasteiger partial charge in [0.2, 0.25) is 0 Å². The molecule has 1 aromatic carbocycles. The van der Waals surface area contributed by atoms with Gasteiger partial charge >= 0.3 is 0 Å². The Labute approximate surface area is 89.9 Å². The summed E-state index contributed by atoms with van der Waals surface area (Å²) in [7, 11) is 3.38. The molecule has 0 heterocycles. The molecule has 15 heavy (non-hydrogen) atoms. The number of hydrogen-bond acceptors (Lipinski definition) is 4. The highest BCUT2D eigenvalue weighted by Gasteiger charge is 2.03. The van der Waals surface area contributed by atoms with Crippen LogP contribution in [0.1, 0.15) is 12.5 Å². The fourth-order valence-corrected chi connectivity index (χ4v) is 1.18. The number of hydrogen-bond donors (Lipinski definition) is 1. The van der Waals surface area contributed by atoms with Crippen LogP contribution in [0.25, 0.3) is 0 Å². The van der Waals surface area contributed by atoms with E-state index in [0.717, 1.165) is 17.1 Å². The molecule has 0 aromatic heterocycles. The van der Waals surface area contributed by atoms with E-state index >= 15 is 0 Å². The lowest BCUT2D eigenvalue weighted by Gasteiger charge is -2.09. The third kappa shape index (κ3) is 3.16. The van der Waals surface area contributed by atoms with E-state index in [1.165, 1.54) is 0 Å². The number of benzene rings is 1. The van der Waals surface area contributed by atoms with Gasteiger partial charge in [0.1, 0.15) is 0 Å². The molecule has 4 heteroatoms. The van der Waals surface area contributed by atoms with Crippen LogP contribution < -0.4 is 14.9 Å². The van der Waals surface area contributed by atoms with Crippen LogP contribution in [-0.2, 0) is 0 Å². The zero-order valence-corrected chi connectivity index (χ0v) is 9.28. The van der Waals surface area contributed by atoms with E-state index in [0.29, 0.717) is 6.61 Å². The zero-order chi connectivity index (χ0) is 11.1. The third-order valence-electron chi connectivity index (χ3n) is 1.83. The lowest BCUT2D eigenvalue weighted by atomic mass is 10.2. The highest BCUT2D eigenvalue weighted by Crippen LogP contribution is 2.27. The number of nitrogens with one attached hydrogen (secondary N) is 1. The second-order valence-corrected chi connectivity index (χ2v) is 2.83. The molecule has 0 unspecified atom stereocenters. The van der Waals surface area contributed by atoms with Gasteiger partial charge in [-0.15, -0.1) is 0 Å². The van der Waals surface area contributed by atoms with Crippen molar-refractivity contribution in [3.63, 3.8) is 0 Å². The Balaban J connectivity index is 2.93. The van der Waals surface area contributed by atoms with Gasteiger partial charge in [0.25, 0.3) is 0 Å². The van der Waals surface area contributed by atoms with E-state index in [-0.39, 0.29) is 0 Å². The third-order valence-corrected chi connectivity index (χ3v) is 1.83. The minimum absolute atomic E-state index is 0.614. The summed E-state index contributed by atoms with van der Waals surface area (Å²) in [6, 6.07) is 5.67. The number of nitrogens with zero attached hydrogens (tertiary/aromatic N) is 1. The van der Waals surface area contributed by atoms with Gasteiger partial charge in [-0.05, 0) is 30.7 Å². The summed E-state index contributed by atoms with van der Waals surface area (Å²) in [4.78, 5) is 0. The first-order valence-electron chi connectivity index (χ1n) is 4.82. The molecule has 0 saturated carbocycles. The Morgan fingerprint density at radius 3 is 2.80 bits per heavy atom. The number of methoxy groups -OCH3 is 1. The molecule has 0 aliphatic rings. The second-order valence-electron chi connectivity index (χ2n) is 2.83. The maximum Gasteiger partial charge on any atom is 0.161 e. The molecule has 0 bridgehead atoms. The summed E-state index contributed by atoms with van der Waals surface area (Å²) in [5.74, 6) is 1.47. The van der Waals surface area contributed by atoms with Crippen molar-refractivity contribution in [3.8, 4) is 11.5 Å². The average Bonchev–Trinajstić information content (AvgIpc) is 2.27. The molecule has 1 N–H and O–H groups in total. The SMILES string of the molecule is CCOc1cc(/C=N/NC)ccc1OC. The molecule has 0 aliphatic carbocycles. The summed E-state index contributed by atoms with van der Waals surface area (Å²) in [6.07, 6.45) is 1.72. The Kier molecular flexibility index (Phi) is 4.47. The molecular formula is C11H16N2O2. The van der Waals surface area contributed by atoms with Crippen LogP contribution in [-0.4, -0.2) is 27.0 Å². The molecule has 0 atom stereocenters. The molecule has 1 aromatic rings. The predicted molar refractivity (Wildman–Crippen MR) is 60.8 cm³/mol. The molecule has 0 radical (unpaired) electrons. The van der Waals surface area contributed by atoms with E-state index < -0.39 is 0 Å². The van der Waals surface area contributed by atoms with Gasteiger partial charge in [0, 0.05) is 7.05 Å². The minimum Gasteiger partial charge on any atom is -0.493 e. The number of hydrazone groups is 1. The van der Waals surface area contributed by atoms with E-state index in [1.807, 2.05) is 25.1 Å². The molecule has 0 saturated heterocycles.